The summed E-state index contributed by atoms with van der Waals surface area (Å²) in [6.45, 7) is 6.75. The Kier molecular flexibility index (Phi) is 5.15. The topological polar surface area (TPSA) is 9.23 Å². The van der Waals surface area contributed by atoms with Crippen LogP contribution in [0.2, 0.25) is 13.1 Å². The highest BCUT2D eigenvalue weighted by atomic mass is 28.4. The van der Waals surface area contributed by atoms with Gasteiger partial charge in [0.25, 0.3) is 0 Å². The quantitative estimate of drug-likeness (QED) is 0.725. The molecule has 0 spiro atoms. The van der Waals surface area contributed by atoms with Crippen LogP contribution >= 0.6 is 0 Å². The normalized spacial score (nSPS) is 13.2. The number of rotatable bonds is 6. The van der Waals surface area contributed by atoms with Crippen LogP contribution in [0.25, 0.3) is 0 Å². The van der Waals surface area contributed by atoms with Gasteiger partial charge in [-0.1, -0.05) is 60.7 Å². The highest BCUT2D eigenvalue weighted by Crippen LogP contribution is 2.13. The van der Waals surface area contributed by atoms with Gasteiger partial charge in [0, 0.05) is 6.10 Å². The summed E-state index contributed by atoms with van der Waals surface area (Å²) in [5.41, 5.74) is 1.39. The van der Waals surface area contributed by atoms with Crippen LogP contribution in [0.3, 0.4) is 0 Å². The van der Waals surface area contributed by atoms with Crippen molar-refractivity contribution in [3.8, 4) is 0 Å². The molecule has 2 rings (SSSR count). The van der Waals surface area contributed by atoms with Gasteiger partial charge in [0.2, 0.25) is 8.32 Å². The third-order valence-corrected chi connectivity index (χ3v) is 6.36. The molecule has 0 aliphatic heterocycles. The zero-order valence-electron chi connectivity index (χ0n) is 12.7. The summed E-state index contributed by atoms with van der Waals surface area (Å²) >= 11 is 0. The van der Waals surface area contributed by atoms with Crippen LogP contribution < -0.4 is 5.19 Å². The van der Waals surface area contributed by atoms with E-state index in [9.17, 15) is 0 Å². The first kappa shape index (κ1) is 15.0. The van der Waals surface area contributed by atoms with Crippen LogP contribution in [0.5, 0.6) is 0 Å². The molecule has 0 N–H and O–H groups in total. The molecule has 2 aromatic carbocycles. The van der Waals surface area contributed by atoms with Crippen molar-refractivity contribution in [2.75, 3.05) is 0 Å². The molecule has 0 saturated carbocycles. The van der Waals surface area contributed by atoms with E-state index in [0.29, 0.717) is 6.10 Å². The molecule has 2 heteroatoms. The standard InChI is InChI=1S/C18H24OSi/c1-16(14-15-17-10-6-4-7-11-17)19-20(2,3)18-12-8-5-9-13-18/h4-13,16H,14-15H2,1-3H3. The lowest BCUT2D eigenvalue weighted by atomic mass is 10.1. The van der Waals surface area contributed by atoms with E-state index < -0.39 is 8.32 Å². The van der Waals surface area contributed by atoms with Crippen molar-refractivity contribution < 1.29 is 4.43 Å². The predicted octanol–water partition coefficient (Wildman–Crippen LogP) is 4.14. The Balaban J connectivity index is 1.89. The molecule has 2 aromatic rings. The van der Waals surface area contributed by atoms with Gasteiger partial charge < -0.3 is 4.43 Å². The first-order chi connectivity index (χ1) is 9.58. The molecule has 0 saturated heterocycles. The lowest BCUT2D eigenvalue weighted by Gasteiger charge is -2.28. The van der Waals surface area contributed by atoms with Gasteiger partial charge >= 0.3 is 0 Å². The molecule has 1 nitrogen and oxygen atoms in total. The fraction of sp³-hybridized carbons (Fsp3) is 0.333. The Hall–Kier alpha value is -1.38. The maximum atomic E-state index is 6.38. The van der Waals surface area contributed by atoms with Crippen molar-refractivity contribution in [1.82, 2.24) is 0 Å². The number of hydrogen-bond acceptors (Lipinski definition) is 1. The van der Waals surface area contributed by atoms with E-state index in [4.69, 9.17) is 4.43 Å². The number of hydrogen-bond donors (Lipinski definition) is 0. The lowest BCUT2D eigenvalue weighted by molar-refractivity contribution is 0.207. The van der Waals surface area contributed by atoms with Crippen molar-refractivity contribution >= 4 is 13.5 Å². The highest BCUT2D eigenvalue weighted by Gasteiger charge is 2.27. The zero-order valence-corrected chi connectivity index (χ0v) is 13.7. The summed E-state index contributed by atoms with van der Waals surface area (Å²) in [6.07, 6.45) is 2.46. The molecular formula is C18H24OSi. The maximum absolute atomic E-state index is 6.38. The minimum Gasteiger partial charge on any atom is -0.410 e. The van der Waals surface area contributed by atoms with Crippen LogP contribution in [-0.4, -0.2) is 14.4 Å². The number of aryl methyl sites for hydroxylation is 1. The lowest BCUT2D eigenvalue weighted by Crippen LogP contribution is -2.46. The Morgan fingerprint density at radius 1 is 0.900 bits per heavy atom. The molecule has 106 valence electrons. The first-order valence-electron chi connectivity index (χ1n) is 7.35. The van der Waals surface area contributed by atoms with Crippen molar-refractivity contribution in [3.05, 3.63) is 66.2 Å². The minimum atomic E-state index is -1.78. The highest BCUT2D eigenvalue weighted by molar-refractivity contribution is 6.84. The smallest absolute Gasteiger partial charge is 0.218 e. The first-order valence-corrected chi connectivity index (χ1v) is 10.3. The second-order valence-corrected chi connectivity index (χ2v) is 9.66. The summed E-state index contributed by atoms with van der Waals surface area (Å²) in [4.78, 5) is 0. The van der Waals surface area contributed by atoms with Crippen LogP contribution in [0, 0.1) is 0 Å². The van der Waals surface area contributed by atoms with E-state index in [-0.39, 0.29) is 0 Å². The van der Waals surface area contributed by atoms with Gasteiger partial charge in [-0.3, -0.25) is 0 Å². The maximum Gasteiger partial charge on any atom is 0.218 e. The van der Waals surface area contributed by atoms with Gasteiger partial charge in [0.1, 0.15) is 0 Å². The molecule has 1 atom stereocenters. The molecule has 0 heterocycles. The van der Waals surface area contributed by atoms with E-state index in [1.807, 2.05) is 0 Å². The monoisotopic (exact) mass is 284 g/mol. The fourth-order valence-corrected chi connectivity index (χ4v) is 4.74. The molecule has 0 aliphatic rings. The Morgan fingerprint density at radius 2 is 1.45 bits per heavy atom. The third kappa shape index (κ3) is 4.32. The van der Waals surface area contributed by atoms with E-state index in [0.717, 1.165) is 12.8 Å². The molecule has 0 aliphatic carbocycles. The summed E-state index contributed by atoms with van der Waals surface area (Å²) in [7, 11) is -1.78. The van der Waals surface area contributed by atoms with Crippen molar-refractivity contribution in [2.45, 2.75) is 39.0 Å². The van der Waals surface area contributed by atoms with Crippen LogP contribution in [0.1, 0.15) is 18.9 Å². The SMILES string of the molecule is CC(CCc1ccccc1)O[Si](C)(C)c1ccccc1. The van der Waals surface area contributed by atoms with Gasteiger partial charge in [0.15, 0.2) is 0 Å². The van der Waals surface area contributed by atoms with Crippen molar-refractivity contribution in [2.24, 2.45) is 0 Å². The Labute approximate surface area is 123 Å². The molecule has 0 aromatic heterocycles. The Morgan fingerprint density at radius 3 is 2.05 bits per heavy atom. The average molecular weight is 284 g/mol. The summed E-state index contributed by atoms with van der Waals surface area (Å²) < 4.78 is 6.38. The molecule has 1 unspecified atom stereocenters. The number of benzene rings is 2. The van der Waals surface area contributed by atoms with Gasteiger partial charge in [-0.05, 0) is 43.6 Å². The van der Waals surface area contributed by atoms with Gasteiger partial charge in [-0.15, -0.1) is 0 Å². The largest absolute Gasteiger partial charge is 0.410 e. The molecule has 0 amide bonds. The predicted molar refractivity (Wildman–Crippen MR) is 88.9 cm³/mol. The second-order valence-electron chi connectivity index (χ2n) is 5.83. The minimum absolute atomic E-state index is 0.303. The van der Waals surface area contributed by atoms with E-state index in [1.165, 1.54) is 10.8 Å². The van der Waals surface area contributed by atoms with Crippen molar-refractivity contribution in [3.63, 3.8) is 0 Å². The zero-order chi connectivity index (χ0) is 14.4. The van der Waals surface area contributed by atoms with Crippen LogP contribution in [0.15, 0.2) is 60.7 Å². The van der Waals surface area contributed by atoms with Gasteiger partial charge in [-0.25, -0.2) is 0 Å². The van der Waals surface area contributed by atoms with Crippen LogP contribution in [-0.2, 0) is 10.8 Å². The molecule has 0 radical (unpaired) electrons. The fourth-order valence-electron chi connectivity index (χ4n) is 2.48. The second kappa shape index (κ2) is 6.87. The Bertz CT molecular complexity index is 507. The van der Waals surface area contributed by atoms with Gasteiger partial charge in [0.05, 0.1) is 0 Å². The van der Waals surface area contributed by atoms with Crippen LogP contribution in [0.4, 0.5) is 0 Å². The summed E-state index contributed by atoms with van der Waals surface area (Å²) in [6, 6.07) is 21.3. The molecular weight excluding hydrogens is 260 g/mol. The molecule has 0 fully saturated rings. The van der Waals surface area contributed by atoms with E-state index >= 15 is 0 Å². The van der Waals surface area contributed by atoms with E-state index in [1.54, 1.807) is 0 Å². The molecule has 0 bridgehead atoms. The van der Waals surface area contributed by atoms with Crippen molar-refractivity contribution in [1.29, 1.82) is 0 Å². The summed E-state index contributed by atoms with van der Waals surface area (Å²) in [5, 5.41) is 1.37. The average Bonchev–Trinajstić information content (AvgIpc) is 2.47. The van der Waals surface area contributed by atoms with Gasteiger partial charge in [-0.2, -0.15) is 0 Å². The third-order valence-electron chi connectivity index (χ3n) is 3.65. The van der Waals surface area contributed by atoms with E-state index in [2.05, 4.69) is 80.7 Å². The molecule has 20 heavy (non-hydrogen) atoms. The summed E-state index contributed by atoms with van der Waals surface area (Å²) in [5.74, 6) is 0.